The Morgan fingerprint density at radius 3 is 2.47 bits per heavy atom. The maximum absolute atomic E-state index is 10.3. The van der Waals surface area contributed by atoms with Gasteiger partial charge in [-0.1, -0.05) is 6.92 Å². The molecule has 1 unspecified atom stereocenters. The lowest BCUT2D eigenvalue weighted by atomic mass is 10.2. The van der Waals surface area contributed by atoms with Gasteiger partial charge in [-0.3, -0.25) is 4.90 Å². The fraction of sp³-hybridized carbons (Fsp3) is 0.727. The first-order valence-corrected chi connectivity index (χ1v) is 5.52. The van der Waals surface area contributed by atoms with Crippen LogP contribution in [0.4, 0.5) is 0 Å². The molecule has 1 rings (SSSR count). The molecule has 0 aliphatic carbocycles. The van der Waals surface area contributed by atoms with Crippen LogP contribution in [0, 0.1) is 0 Å². The molecule has 1 aliphatic heterocycles. The van der Waals surface area contributed by atoms with Crippen molar-refractivity contribution in [1.82, 2.24) is 9.80 Å². The molecular weight excluding hydrogens is 192 g/mol. The fourth-order valence-corrected chi connectivity index (χ4v) is 1.75. The van der Waals surface area contributed by atoms with Gasteiger partial charge in [-0.05, 0) is 13.3 Å². The highest BCUT2D eigenvalue weighted by atomic mass is 16.4. The van der Waals surface area contributed by atoms with Gasteiger partial charge in [-0.2, -0.15) is 0 Å². The zero-order chi connectivity index (χ0) is 11.3. The van der Waals surface area contributed by atoms with Gasteiger partial charge in [-0.15, -0.1) is 0 Å². The van der Waals surface area contributed by atoms with Crippen LogP contribution in [0.25, 0.3) is 0 Å². The minimum absolute atomic E-state index is 0.635. The lowest BCUT2D eigenvalue weighted by Crippen LogP contribution is -2.47. The van der Waals surface area contributed by atoms with Crippen molar-refractivity contribution in [2.45, 2.75) is 26.3 Å². The highest BCUT2D eigenvalue weighted by Gasteiger charge is 2.17. The van der Waals surface area contributed by atoms with Crippen molar-refractivity contribution in [3.05, 3.63) is 12.3 Å². The highest BCUT2D eigenvalue weighted by Crippen LogP contribution is 2.08. The first-order chi connectivity index (χ1) is 7.13. The fourth-order valence-electron chi connectivity index (χ4n) is 1.75. The number of carboxylic acid groups (broad SMARTS) is 1. The summed E-state index contributed by atoms with van der Waals surface area (Å²) in [7, 11) is 0. The van der Waals surface area contributed by atoms with Gasteiger partial charge in [0.05, 0.1) is 0 Å². The van der Waals surface area contributed by atoms with Crippen LogP contribution in [0.5, 0.6) is 0 Å². The second kappa shape index (κ2) is 5.75. The van der Waals surface area contributed by atoms with E-state index in [1.807, 2.05) is 0 Å². The molecule has 1 N–H and O–H groups in total. The molecule has 0 spiro atoms. The first-order valence-electron chi connectivity index (χ1n) is 5.52. The Hall–Kier alpha value is -1.03. The predicted molar refractivity (Wildman–Crippen MR) is 59.7 cm³/mol. The SMILES string of the molecule is CCC(C)N1CCN(C=CC(=O)O)CC1. The van der Waals surface area contributed by atoms with Gasteiger partial charge in [0.2, 0.25) is 0 Å². The molecule has 4 heteroatoms. The summed E-state index contributed by atoms with van der Waals surface area (Å²) in [5.41, 5.74) is 0. The molecule has 0 saturated carbocycles. The van der Waals surface area contributed by atoms with Crippen molar-refractivity contribution in [1.29, 1.82) is 0 Å². The van der Waals surface area contributed by atoms with Gasteiger partial charge in [0.25, 0.3) is 0 Å². The van der Waals surface area contributed by atoms with Crippen LogP contribution in [0.15, 0.2) is 12.3 Å². The van der Waals surface area contributed by atoms with Crippen LogP contribution in [0.1, 0.15) is 20.3 Å². The molecule has 1 aliphatic rings. The Bertz CT molecular complexity index is 233. The van der Waals surface area contributed by atoms with Gasteiger partial charge >= 0.3 is 5.97 Å². The third-order valence-corrected chi connectivity index (χ3v) is 2.99. The molecule has 0 radical (unpaired) electrons. The number of piperazine rings is 1. The third-order valence-electron chi connectivity index (χ3n) is 2.99. The summed E-state index contributed by atoms with van der Waals surface area (Å²) in [6, 6.07) is 0.635. The van der Waals surface area contributed by atoms with Crippen LogP contribution >= 0.6 is 0 Å². The monoisotopic (exact) mass is 212 g/mol. The summed E-state index contributed by atoms with van der Waals surface area (Å²) < 4.78 is 0. The van der Waals surface area contributed by atoms with Gasteiger partial charge in [-0.25, -0.2) is 4.79 Å². The Balaban J connectivity index is 2.32. The smallest absolute Gasteiger partial charge is 0.329 e. The minimum Gasteiger partial charge on any atom is -0.478 e. The second-order valence-electron chi connectivity index (χ2n) is 3.98. The Labute approximate surface area is 91.2 Å². The van der Waals surface area contributed by atoms with E-state index < -0.39 is 5.97 Å². The lowest BCUT2D eigenvalue weighted by Gasteiger charge is -2.37. The topological polar surface area (TPSA) is 43.8 Å². The molecule has 1 heterocycles. The summed E-state index contributed by atoms with van der Waals surface area (Å²) in [4.78, 5) is 14.8. The number of carbonyl (C=O) groups is 1. The van der Waals surface area contributed by atoms with E-state index in [1.54, 1.807) is 6.20 Å². The van der Waals surface area contributed by atoms with E-state index in [9.17, 15) is 4.79 Å². The average Bonchev–Trinajstić information content (AvgIpc) is 2.26. The lowest BCUT2D eigenvalue weighted by molar-refractivity contribution is -0.131. The van der Waals surface area contributed by atoms with Gasteiger partial charge in [0, 0.05) is 44.5 Å². The normalized spacial score (nSPS) is 20.8. The maximum atomic E-state index is 10.3. The number of hydrogen-bond acceptors (Lipinski definition) is 3. The van der Waals surface area contributed by atoms with Crippen molar-refractivity contribution >= 4 is 5.97 Å². The molecule has 1 saturated heterocycles. The van der Waals surface area contributed by atoms with Crippen molar-refractivity contribution in [2.24, 2.45) is 0 Å². The van der Waals surface area contributed by atoms with Crippen molar-refractivity contribution in [2.75, 3.05) is 26.2 Å². The molecule has 15 heavy (non-hydrogen) atoms. The average molecular weight is 212 g/mol. The van der Waals surface area contributed by atoms with E-state index in [0.29, 0.717) is 6.04 Å². The summed E-state index contributed by atoms with van der Waals surface area (Å²) in [6.45, 7) is 8.34. The maximum Gasteiger partial charge on any atom is 0.329 e. The molecule has 0 aromatic rings. The van der Waals surface area contributed by atoms with Crippen LogP contribution in [0.3, 0.4) is 0 Å². The zero-order valence-electron chi connectivity index (χ0n) is 9.52. The van der Waals surface area contributed by atoms with E-state index in [4.69, 9.17) is 5.11 Å². The summed E-state index contributed by atoms with van der Waals surface area (Å²) in [6.07, 6.45) is 4.06. The van der Waals surface area contributed by atoms with Crippen molar-refractivity contribution in [3.63, 3.8) is 0 Å². The Morgan fingerprint density at radius 1 is 1.40 bits per heavy atom. The highest BCUT2D eigenvalue weighted by molar-refractivity contribution is 5.79. The Kier molecular flexibility index (Phi) is 4.62. The molecular formula is C11H20N2O2. The Morgan fingerprint density at radius 2 is 2.00 bits per heavy atom. The first kappa shape index (κ1) is 12.0. The molecule has 86 valence electrons. The summed E-state index contributed by atoms with van der Waals surface area (Å²) >= 11 is 0. The predicted octanol–water partition coefficient (Wildman–Crippen LogP) is 1.00. The number of nitrogens with zero attached hydrogens (tertiary/aromatic N) is 2. The van der Waals surface area contributed by atoms with E-state index in [-0.39, 0.29) is 0 Å². The standard InChI is InChI=1S/C11H20N2O2/c1-3-10(2)13-8-6-12(7-9-13)5-4-11(14)15/h4-5,10H,3,6-9H2,1-2H3,(H,14,15). The van der Waals surface area contributed by atoms with Gasteiger partial charge in [0.15, 0.2) is 0 Å². The molecule has 0 aromatic carbocycles. The van der Waals surface area contributed by atoms with E-state index >= 15 is 0 Å². The van der Waals surface area contributed by atoms with Crippen LogP contribution in [-0.4, -0.2) is 53.1 Å². The van der Waals surface area contributed by atoms with Crippen molar-refractivity contribution < 1.29 is 9.90 Å². The van der Waals surface area contributed by atoms with Crippen LogP contribution in [-0.2, 0) is 4.79 Å². The second-order valence-corrected chi connectivity index (χ2v) is 3.98. The van der Waals surface area contributed by atoms with Gasteiger partial charge in [0.1, 0.15) is 0 Å². The number of rotatable bonds is 4. The van der Waals surface area contributed by atoms with Crippen LogP contribution < -0.4 is 0 Å². The number of aliphatic carboxylic acids is 1. The molecule has 4 nitrogen and oxygen atoms in total. The van der Waals surface area contributed by atoms with E-state index in [0.717, 1.165) is 26.2 Å². The quantitative estimate of drug-likeness (QED) is 0.706. The molecule has 0 amide bonds. The zero-order valence-corrected chi connectivity index (χ0v) is 9.52. The number of carboxylic acids is 1. The molecule has 0 aromatic heterocycles. The van der Waals surface area contributed by atoms with Crippen molar-refractivity contribution in [3.8, 4) is 0 Å². The third kappa shape index (κ3) is 3.91. The van der Waals surface area contributed by atoms with E-state index in [1.165, 1.54) is 12.5 Å². The molecule has 0 bridgehead atoms. The molecule has 1 fully saturated rings. The minimum atomic E-state index is -0.876. The number of hydrogen-bond donors (Lipinski definition) is 1. The summed E-state index contributed by atoms with van der Waals surface area (Å²) in [5.74, 6) is -0.876. The largest absolute Gasteiger partial charge is 0.478 e. The molecule has 1 atom stereocenters. The van der Waals surface area contributed by atoms with Crippen LogP contribution in [0.2, 0.25) is 0 Å². The van der Waals surface area contributed by atoms with Gasteiger partial charge < -0.3 is 10.0 Å². The van der Waals surface area contributed by atoms with E-state index in [2.05, 4.69) is 23.6 Å². The summed E-state index contributed by atoms with van der Waals surface area (Å²) in [5, 5.41) is 8.50.